The molecule has 1 heterocycles. The lowest BCUT2D eigenvalue weighted by Crippen LogP contribution is -2.38. The van der Waals surface area contributed by atoms with Gasteiger partial charge in [0.2, 0.25) is 0 Å². The monoisotopic (exact) mass is 233 g/mol. The lowest BCUT2D eigenvalue weighted by atomic mass is 9.93. The first kappa shape index (κ1) is 12.9. The van der Waals surface area contributed by atoms with E-state index >= 15 is 0 Å². The van der Waals surface area contributed by atoms with Crippen LogP contribution in [-0.2, 0) is 0 Å². The van der Waals surface area contributed by atoms with Crippen LogP contribution in [0.25, 0.3) is 0 Å². The second-order valence-electron chi connectivity index (χ2n) is 5.97. The van der Waals surface area contributed by atoms with E-state index < -0.39 is 0 Å². The summed E-state index contributed by atoms with van der Waals surface area (Å²) in [6, 6.07) is 0.756. The summed E-state index contributed by atoms with van der Waals surface area (Å²) in [5, 5.41) is 0. The maximum Gasteiger partial charge on any atom is 0.0167 e. The first-order valence-electron chi connectivity index (χ1n) is 7.18. The van der Waals surface area contributed by atoms with Crippen molar-refractivity contribution in [3.63, 3.8) is 0 Å². The van der Waals surface area contributed by atoms with Gasteiger partial charge in [0, 0.05) is 24.4 Å². The molecule has 0 aromatic heterocycles. The van der Waals surface area contributed by atoms with Gasteiger partial charge in [0.25, 0.3) is 0 Å². The van der Waals surface area contributed by atoms with Crippen LogP contribution in [0.5, 0.6) is 0 Å². The van der Waals surface area contributed by atoms with Crippen molar-refractivity contribution in [1.82, 2.24) is 4.90 Å². The fourth-order valence-corrected chi connectivity index (χ4v) is 3.69. The third-order valence-electron chi connectivity index (χ3n) is 4.66. The second kappa shape index (κ2) is 5.39. The molecule has 0 bridgehead atoms. The van der Waals surface area contributed by atoms with Crippen molar-refractivity contribution in [2.75, 3.05) is 13.6 Å². The lowest BCUT2D eigenvalue weighted by Gasteiger charge is -2.33. The van der Waals surface area contributed by atoms with Crippen LogP contribution in [0.1, 0.15) is 39.5 Å². The lowest BCUT2D eigenvalue weighted by molar-refractivity contribution is 0.159. The molecular weight excluding hydrogens is 206 g/mol. The van der Waals surface area contributed by atoms with Gasteiger partial charge in [-0.1, -0.05) is 37.5 Å². The zero-order valence-corrected chi connectivity index (χ0v) is 11.7. The van der Waals surface area contributed by atoms with Crippen LogP contribution in [-0.4, -0.2) is 24.5 Å². The van der Waals surface area contributed by atoms with E-state index in [0.29, 0.717) is 5.92 Å². The SMILES string of the molecule is C=CC1C(=CC)C1C1CCCCC(C)CN1C. The Kier molecular flexibility index (Phi) is 4.09. The molecule has 1 aliphatic carbocycles. The van der Waals surface area contributed by atoms with Gasteiger partial charge < -0.3 is 4.90 Å². The molecule has 0 amide bonds. The van der Waals surface area contributed by atoms with Gasteiger partial charge in [-0.25, -0.2) is 0 Å². The minimum atomic E-state index is 0.669. The van der Waals surface area contributed by atoms with E-state index in [1.54, 1.807) is 5.57 Å². The molecule has 0 spiro atoms. The maximum absolute atomic E-state index is 3.99. The summed E-state index contributed by atoms with van der Waals surface area (Å²) in [5.41, 5.74) is 1.63. The van der Waals surface area contributed by atoms with E-state index in [-0.39, 0.29) is 0 Å². The summed E-state index contributed by atoms with van der Waals surface area (Å²) in [5.74, 6) is 2.30. The molecule has 2 rings (SSSR count). The zero-order valence-electron chi connectivity index (χ0n) is 11.7. The fraction of sp³-hybridized carbons (Fsp3) is 0.750. The Labute approximate surface area is 107 Å². The third-order valence-corrected chi connectivity index (χ3v) is 4.66. The molecule has 17 heavy (non-hydrogen) atoms. The first-order chi connectivity index (χ1) is 8.19. The van der Waals surface area contributed by atoms with Crippen molar-refractivity contribution in [3.8, 4) is 0 Å². The third kappa shape index (κ3) is 2.65. The van der Waals surface area contributed by atoms with E-state index in [9.17, 15) is 0 Å². The van der Waals surface area contributed by atoms with Gasteiger partial charge in [-0.3, -0.25) is 0 Å². The Morgan fingerprint density at radius 2 is 2.00 bits per heavy atom. The highest BCUT2D eigenvalue weighted by Crippen LogP contribution is 2.51. The molecule has 0 radical (unpaired) electrons. The summed E-state index contributed by atoms with van der Waals surface area (Å²) >= 11 is 0. The van der Waals surface area contributed by atoms with Gasteiger partial charge in [0.15, 0.2) is 0 Å². The number of hydrogen-bond acceptors (Lipinski definition) is 1. The van der Waals surface area contributed by atoms with Crippen LogP contribution < -0.4 is 0 Å². The summed E-state index contributed by atoms with van der Waals surface area (Å²) in [6.07, 6.45) is 10.1. The molecule has 1 nitrogen and oxygen atoms in total. The maximum atomic E-state index is 3.99. The van der Waals surface area contributed by atoms with Gasteiger partial charge in [-0.15, -0.1) is 6.58 Å². The van der Waals surface area contributed by atoms with Crippen LogP contribution in [0.15, 0.2) is 24.3 Å². The van der Waals surface area contributed by atoms with Crippen molar-refractivity contribution >= 4 is 0 Å². The fourth-order valence-electron chi connectivity index (χ4n) is 3.69. The number of allylic oxidation sites excluding steroid dienone is 2. The van der Waals surface area contributed by atoms with Gasteiger partial charge in [-0.2, -0.15) is 0 Å². The Morgan fingerprint density at radius 1 is 1.29 bits per heavy atom. The average molecular weight is 233 g/mol. The van der Waals surface area contributed by atoms with Crippen molar-refractivity contribution in [3.05, 3.63) is 24.3 Å². The second-order valence-corrected chi connectivity index (χ2v) is 5.97. The standard InChI is InChI=1S/C16H27N/c1-5-13-14(6-2)16(13)15-10-8-7-9-12(3)11-17(15)4/h5-6,12-13,15-16H,1,7-11H2,2-4H3. The molecule has 0 aromatic carbocycles. The molecular formula is C16H27N. The van der Waals surface area contributed by atoms with Gasteiger partial charge in [-0.05, 0) is 32.7 Å². The quantitative estimate of drug-likeness (QED) is 0.654. The summed E-state index contributed by atoms with van der Waals surface area (Å²) < 4.78 is 0. The van der Waals surface area contributed by atoms with Crippen molar-refractivity contribution in [2.24, 2.45) is 17.8 Å². The Balaban J connectivity index is 2.05. The van der Waals surface area contributed by atoms with Crippen molar-refractivity contribution < 1.29 is 0 Å². The highest BCUT2D eigenvalue weighted by molar-refractivity contribution is 5.36. The molecule has 96 valence electrons. The highest BCUT2D eigenvalue weighted by atomic mass is 15.1. The Hall–Kier alpha value is -0.560. The Morgan fingerprint density at radius 3 is 2.59 bits per heavy atom. The molecule has 1 saturated carbocycles. The van der Waals surface area contributed by atoms with E-state index in [1.807, 2.05) is 0 Å². The molecule has 0 N–H and O–H groups in total. The first-order valence-corrected chi connectivity index (χ1v) is 7.18. The summed E-state index contributed by atoms with van der Waals surface area (Å²) in [6.45, 7) is 9.83. The molecule has 1 saturated heterocycles. The molecule has 2 aliphatic rings. The van der Waals surface area contributed by atoms with Gasteiger partial charge in [0.1, 0.15) is 0 Å². The van der Waals surface area contributed by atoms with E-state index in [0.717, 1.165) is 17.9 Å². The van der Waals surface area contributed by atoms with Crippen molar-refractivity contribution in [1.29, 1.82) is 0 Å². The Bertz CT molecular complexity index is 305. The van der Waals surface area contributed by atoms with Crippen LogP contribution >= 0.6 is 0 Å². The molecule has 0 aromatic rings. The van der Waals surface area contributed by atoms with E-state index in [4.69, 9.17) is 0 Å². The largest absolute Gasteiger partial charge is 0.303 e. The highest BCUT2D eigenvalue weighted by Gasteiger charge is 2.47. The molecule has 1 heteroatoms. The summed E-state index contributed by atoms with van der Waals surface area (Å²) in [7, 11) is 2.32. The predicted octanol–water partition coefficient (Wildman–Crippen LogP) is 3.88. The molecule has 4 unspecified atom stereocenters. The predicted molar refractivity (Wildman–Crippen MR) is 75.0 cm³/mol. The smallest absolute Gasteiger partial charge is 0.0167 e. The number of nitrogens with zero attached hydrogens (tertiary/aromatic N) is 1. The van der Waals surface area contributed by atoms with Crippen LogP contribution in [0.4, 0.5) is 0 Å². The molecule has 4 atom stereocenters. The van der Waals surface area contributed by atoms with E-state index in [1.165, 1.54) is 32.2 Å². The van der Waals surface area contributed by atoms with E-state index in [2.05, 4.69) is 44.5 Å². The molecule has 1 aliphatic heterocycles. The van der Waals surface area contributed by atoms with Crippen LogP contribution in [0, 0.1) is 17.8 Å². The minimum absolute atomic E-state index is 0.669. The van der Waals surface area contributed by atoms with Crippen LogP contribution in [0.2, 0.25) is 0 Å². The van der Waals surface area contributed by atoms with Gasteiger partial charge in [0.05, 0.1) is 0 Å². The zero-order chi connectivity index (χ0) is 12.4. The van der Waals surface area contributed by atoms with Crippen LogP contribution in [0.3, 0.4) is 0 Å². The summed E-state index contributed by atoms with van der Waals surface area (Å²) in [4.78, 5) is 2.61. The van der Waals surface area contributed by atoms with Crippen molar-refractivity contribution in [2.45, 2.75) is 45.6 Å². The average Bonchev–Trinajstić information content (AvgIpc) is 2.99. The number of likely N-dealkylation sites (tertiary alicyclic amines) is 1. The number of hydrogen-bond donors (Lipinski definition) is 0. The normalized spacial score (nSPS) is 41.9. The van der Waals surface area contributed by atoms with Gasteiger partial charge >= 0.3 is 0 Å². The topological polar surface area (TPSA) is 3.24 Å². The minimum Gasteiger partial charge on any atom is -0.303 e. The number of rotatable bonds is 2. The molecule has 2 fully saturated rings.